The van der Waals surface area contributed by atoms with Crippen LogP contribution >= 0.6 is 0 Å². The molecule has 2 N–H and O–H groups in total. The third kappa shape index (κ3) is 3.46. The molecule has 2 nitrogen and oxygen atoms in total. The van der Waals surface area contributed by atoms with Crippen LogP contribution in [0.3, 0.4) is 0 Å². The van der Waals surface area contributed by atoms with Gasteiger partial charge in [0.15, 0.2) is 0 Å². The minimum atomic E-state index is -1.72. The molecule has 1 unspecified atom stereocenters. The molecule has 0 radical (unpaired) electrons. The van der Waals surface area contributed by atoms with E-state index in [1.54, 1.807) is 6.07 Å². The molecule has 2 aromatic rings. The zero-order valence-corrected chi connectivity index (χ0v) is 11.2. The van der Waals surface area contributed by atoms with Crippen molar-refractivity contribution in [3.63, 3.8) is 0 Å². The summed E-state index contributed by atoms with van der Waals surface area (Å²) in [6, 6.07) is 6.95. The Morgan fingerprint density at radius 2 is 1.65 bits per heavy atom. The fourth-order valence-corrected chi connectivity index (χ4v) is 2.93. The lowest BCUT2D eigenvalue weighted by Crippen LogP contribution is -2.03. The van der Waals surface area contributed by atoms with E-state index in [2.05, 4.69) is 0 Å². The van der Waals surface area contributed by atoms with Gasteiger partial charge in [0.1, 0.15) is 17.5 Å². The highest BCUT2D eigenvalue weighted by molar-refractivity contribution is 7.84. The van der Waals surface area contributed by atoms with E-state index in [1.807, 2.05) is 0 Å². The third-order valence-electron chi connectivity index (χ3n) is 2.69. The molecular weight excluding hydrogens is 287 g/mol. The SMILES string of the molecule is NCc1cc(F)cc(CS(=O)c2ccc(F)cc2F)c1. The summed E-state index contributed by atoms with van der Waals surface area (Å²) in [6.45, 7) is 0.155. The Morgan fingerprint density at radius 3 is 2.30 bits per heavy atom. The molecule has 0 fully saturated rings. The van der Waals surface area contributed by atoms with Crippen molar-refractivity contribution >= 4 is 10.8 Å². The largest absolute Gasteiger partial charge is 0.326 e. The summed E-state index contributed by atoms with van der Waals surface area (Å²) >= 11 is 0. The van der Waals surface area contributed by atoms with Gasteiger partial charge < -0.3 is 5.73 Å². The molecule has 2 rings (SSSR count). The highest BCUT2D eigenvalue weighted by Gasteiger charge is 2.12. The van der Waals surface area contributed by atoms with Gasteiger partial charge >= 0.3 is 0 Å². The first kappa shape index (κ1) is 14.7. The van der Waals surface area contributed by atoms with Crippen LogP contribution in [-0.2, 0) is 23.1 Å². The number of hydrogen-bond donors (Lipinski definition) is 1. The Balaban J connectivity index is 2.25. The van der Waals surface area contributed by atoms with Crippen molar-refractivity contribution in [3.05, 3.63) is 65.0 Å². The van der Waals surface area contributed by atoms with Crippen LogP contribution < -0.4 is 5.73 Å². The van der Waals surface area contributed by atoms with Crippen LogP contribution in [0.1, 0.15) is 11.1 Å². The van der Waals surface area contributed by atoms with Gasteiger partial charge in [0, 0.05) is 12.6 Å². The van der Waals surface area contributed by atoms with E-state index in [0.29, 0.717) is 17.2 Å². The Bertz CT molecular complexity index is 661. The summed E-state index contributed by atoms with van der Waals surface area (Å²) in [6.07, 6.45) is 0. The van der Waals surface area contributed by atoms with E-state index < -0.39 is 28.3 Å². The Labute approximate surface area is 116 Å². The van der Waals surface area contributed by atoms with Crippen LogP contribution in [0.15, 0.2) is 41.3 Å². The second-order valence-corrected chi connectivity index (χ2v) is 5.66. The quantitative estimate of drug-likeness (QED) is 0.943. The van der Waals surface area contributed by atoms with E-state index >= 15 is 0 Å². The molecule has 1 atom stereocenters. The van der Waals surface area contributed by atoms with Crippen molar-refractivity contribution in [2.75, 3.05) is 0 Å². The lowest BCUT2D eigenvalue weighted by Gasteiger charge is -2.06. The standard InChI is InChI=1S/C14H12F3NOS/c15-11-1-2-14(13(17)6-11)20(19)8-10-3-9(7-18)4-12(16)5-10/h1-6H,7-8,18H2. The highest BCUT2D eigenvalue weighted by Crippen LogP contribution is 2.18. The molecule has 0 heterocycles. The van der Waals surface area contributed by atoms with Crippen molar-refractivity contribution in [2.24, 2.45) is 5.73 Å². The molecule has 0 saturated carbocycles. The molecule has 6 heteroatoms. The summed E-state index contributed by atoms with van der Waals surface area (Å²) in [4.78, 5) is -0.107. The van der Waals surface area contributed by atoms with Crippen LogP contribution in [-0.4, -0.2) is 4.21 Å². The van der Waals surface area contributed by atoms with Gasteiger partial charge in [-0.1, -0.05) is 6.07 Å². The van der Waals surface area contributed by atoms with Gasteiger partial charge in [-0.25, -0.2) is 13.2 Å². The molecule has 0 aliphatic carbocycles. The monoisotopic (exact) mass is 299 g/mol. The maximum absolute atomic E-state index is 13.5. The average molecular weight is 299 g/mol. The molecule has 106 valence electrons. The van der Waals surface area contributed by atoms with E-state index in [4.69, 9.17) is 5.73 Å². The van der Waals surface area contributed by atoms with Crippen molar-refractivity contribution in [1.29, 1.82) is 0 Å². The predicted molar refractivity (Wildman–Crippen MR) is 70.8 cm³/mol. The Hall–Kier alpha value is -1.66. The molecule has 0 bridgehead atoms. The van der Waals surface area contributed by atoms with Gasteiger partial charge in [-0.15, -0.1) is 0 Å². The van der Waals surface area contributed by atoms with Gasteiger partial charge in [0.05, 0.1) is 21.4 Å². The van der Waals surface area contributed by atoms with Crippen molar-refractivity contribution in [1.82, 2.24) is 0 Å². The lowest BCUT2D eigenvalue weighted by molar-refractivity contribution is 0.562. The number of benzene rings is 2. The fraction of sp³-hybridized carbons (Fsp3) is 0.143. The van der Waals surface area contributed by atoms with Crippen LogP contribution in [0.5, 0.6) is 0 Å². The van der Waals surface area contributed by atoms with Gasteiger partial charge in [0.2, 0.25) is 0 Å². The van der Waals surface area contributed by atoms with E-state index in [-0.39, 0.29) is 17.2 Å². The molecule has 20 heavy (non-hydrogen) atoms. The summed E-state index contributed by atoms with van der Waals surface area (Å²) < 4.78 is 51.7. The summed E-state index contributed by atoms with van der Waals surface area (Å²) in [5, 5.41) is 0. The number of halogens is 3. The van der Waals surface area contributed by atoms with Crippen LogP contribution in [0.2, 0.25) is 0 Å². The molecule has 0 aliphatic heterocycles. The number of rotatable bonds is 4. The Morgan fingerprint density at radius 1 is 0.950 bits per heavy atom. The van der Waals surface area contributed by atoms with E-state index in [0.717, 1.165) is 12.1 Å². The Kier molecular flexibility index (Phi) is 4.57. The van der Waals surface area contributed by atoms with E-state index in [1.165, 1.54) is 12.1 Å². The fourth-order valence-electron chi connectivity index (χ4n) is 1.81. The molecule has 0 saturated heterocycles. The normalized spacial score (nSPS) is 12.4. The van der Waals surface area contributed by atoms with Gasteiger partial charge in [-0.3, -0.25) is 4.21 Å². The lowest BCUT2D eigenvalue weighted by atomic mass is 10.1. The van der Waals surface area contributed by atoms with Crippen molar-refractivity contribution in [3.8, 4) is 0 Å². The first-order chi connectivity index (χ1) is 9.49. The first-order valence-electron chi connectivity index (χ1n) is 5.81. The smallest absolute Gasteiger partial charge is 0.142 e. The maximum Gasteiger partial charge on any atom is 0.142 e. The summed E-state index contributed by atoms with van der Waals surface area (Å²) in [5.41, 5.74) is 6.44. The van der Waals surface area contributed by atoms with Gasteiger partial charge in [0.25, 0.3) is 0 Å². The second kappa shape index (κ2) is 6.19. The molecule has 0 aliphatic rings. The second-order valence-electron chi connectivity index (χ2n) is 4.24. The number of nitrogens with two attached hydrogens (primary N) is 1. The predicted octanol–water partition coefficient (Wildman–Crippen LogP) is 2.87. The van der Waals surface area contributed by atoms with E-state index in [9.17, 15) is 17.4 Å². The van der Waals surface area contributed by atoms with Crippen molar-refractivity contribution in [2.45, 2.75) is 17.2 Å². The minimum Gasteiger partial charge on any atom is -0.326 e. The van der Waals surface area contributed by atoms with Gasteiger partial charge in [-0.05, 0) is 35.4 Å². The minimum absolute atomic E-state index is 0.0622. The molecule has 0 aromatic heterocycles. The topological polar surface area (TPSA) is 43.1 Å². The zero-order chi connectivity index (χ0) is 14.7. The molecule has 2 aromatic carbocycles. The highest BCUT2D eigenvalue weighted by atomic mass is 32.2. The van der Waals surface area contributed by atoms with Crippen molar-refractivity contribution < 1.29 is 17.4 Å². The van der Waals surface area contributed by atoms with Crippen LogP contribution in [0.25, 0.3) is 0 Å². The van der Waals surface area contributed by atoms with Crippen LogP contribution in [0, 0.1) is 17.5 Å². The summed E-state index contributed by atoms with van der Waals surface area (Å²) in [7, 11) is -1.72. The zero-order valence-electron chi connectivity index (χ0n) is 10.4. The van der Waals surface area contributed by atoms with Gasteiger partial charge in [-0.2, -0.15) is 0 Å². The first-order valence-corrected chi connectivity index (χ1v) is 7.13. The van der Waals surface area contributed by atoms with Crippen LogP contribution in [0.4, 0.5) is 13.2 Å². The maximum atomic E-state index is 13.5. The molecule has 0 amide bonds. The molecular formula is C14H12F3NOS. The third-order valence-corrected chi connectivity index (χ3v) is 4.11. The molecule has 0 spiro atoms. The average Bonchev–Trinajstić information content (AvgIpc) is 2.37. The number of hydrogen-bond acceptors (Lipinski definition) is 2. The summed E-state index contributed by atoms with van der Waals surface area (Å²) in [5.74, 6) is -2.16.